The first-order valence-electron chi connectivity index (χ1n) is 6.26. The third-order valence-electron chi connectivity index (χ3n) is 3.15. The van der Waals surface area contributed by atoms with E-state index in [-0.39, 0.29) is 17.4 Å². The maximum Gasteiger partial charge on any atom is 0.387 e. The Morgan fingerprint density at radius 3 is 2.76 bits per heavy atom. The molecule has 7 heteroatoms. The van der Waals surface area contributed by atoms with Gasteiger partial charge in [-0.2, -0.15) is 8.78 Å². The number of carbonyl (C=O) groups is 1. The van der Waals surface area contributed by atoms with E-state index in [1.165, 1.54) is 12.1 Å². The monoisotopic (exact) mass is 291 g/mol. The first kappa shape index (κ1) is 13.4. The molecule has 0 saturated carbocycles. The van der Waals surface area contributed by atoms with Gasteiger partial charge in [0.25, 0.3) is 5.91 Å². The van der Waals surface area contributed by atoms with Crippen LogP contribution in [-0.4, -0.2) is 27.4 Å². The third kappa shape index (κ3) is 2.81. The average molecular weight is 291 g/mol. The van der Waals surface area contributed by atoms with Crippen molar-refractivity contribution in [3.63, 3.8) is 0 Å². The molecule has 0 atom stereocenters. The standard InChI is InChI=1S/C14H11F2N3O2/c15-14(16)21-10-3-4-11(18-6-10)13(20)19-7-9-2-1-5-17-12(9)8-19/h1-6,14H,7-8H2. The van der Waals surface area contributed by atoms with Crippen LogP contribution in [0.3, 0.4) is 0 Å². The molecule has 1 aliphatic rings. The zero-order valence-corrected chi connectivity index (χ0v) is 10.9. The summed E-state index contributed by atoms with van der Waals surface area (Å²) in [6, 6.07) is 6.41. The van der Waals surface area contributed by atoms with E-state index in [4.69, 9.17) is 0 Å². The van der Waals surface area contributed by atoms with Crippen LogP contribution in [0, 0.1) is 0 Å². The summed E-state index contributed by atoms with van der Waals surface area (Å²) in [6.45, 7) is -2.02. The molecule has 3 heterocycles. The second-order valence-electron chi connectivity index (χ2n) is 4.53. The largest absolute Gasteiger partial charge is 0.433 e. The Morgan fingerprint density at radius 2 is 2.10 bits per heavy atom. The van der Waals surface area contributed by atoms with Gasteiger partial charge in [-0.1, -0.05) is 6.07 Å². The van der Waals surface area contributed by atoms with E-state index in [0.717, 1.165) is 17.5 Å². The second kappa shape index (κ2) is 5.43. The van der Waals surface area contributed by atoms with Crippen LogP contribution < -0.4 is 4.74 Å². The first-order chi connectivity index (χ1) is 10.1. The van der Waals surface area contributed by atoms with Crippen molar-refractivity contribution in [3.8, 4) is 5.75 Å². The van der Waals surface area contributed by atoms with Crippen LogP contribution in [0.25, 0.3) is 0 Å². The van der Waals surface area contributed by atoms with Crippen LogP contribution in [-0.2, 0) is 13.1 Å². The molecule has 2 aromatic rings. The maximum absolute atomic E-state index is 12.3. The fourth-order valence-electron chi connectivity index (χ4n) is 2.18. The Hall–Kier alpha value is -2.57. The summed E-state index contributed by atoms with van der Waals surface area (Å²) in [5, 5.41) is 0. The van der Waals surface area contributed by atoms with Crippen LogP contribution in [0.15, 0.2) is 36.7 Å². The molecule has 21 heavy (non-hydrogen) atoms. The van der Waals surface area contributed by atoms with Crippen LogP contribution >= 0.6 is 0 Å². The molecule has 3 rings (SSSR count). The van der Waals surface area contributed by atoms with Crippen LogP contribution in [0.4, 0.5) is 8.78 Å². The van der Waals surface area contributed by atoms with Crippen molar-refractivity contribution in [2.24, 2.45) is 0 Å². The van der Waals surface area contributed by atoms with Crippen molar-refractivity contribution in [3.05, 3.63) is 53.6 Å². The lowest BCUT2D eigenvalue weighted by Crippen LogP contribution is -2.26. The van der Waals surface area contributed by atoms with Gasteiger partial charge >= 0.3 is 6.61 Å². The number of hydrogen-bond acceptors (Lipinski definition) is 4. The van der Waals surface area contributed by atoms with Gasteiger partial charge in [0.1, 0.15) is 11.4 Å². The smallest absolute Gasteiger partial charge is 0.387 e. The molecule has 0 saturated heterocycles. The molecule has 0 radical (unpaired) electrons. The van der Waals surface area contributed by atoms with Crippen LogP contribution in [0.1, 0.15) is 21.7 Å². The molecule has 5 nitrogen and oxygen atoms in total. The lowest BCUT2D eigenvalue weighted by Gasteiger charge is -2.14. The summed E-state index contributed by atoms with van der Waals surface area (Å²) in [6.07, 6.45) is 2.79. The molecule has 0 N–H and O–H groups in total. The van der Waals surface area contributed by atoms with Crippen LogP contribution in [0.2, 0.25) is 0 Å². The highest BCUT2D eigenvalue weighted by atomic mass is 19.3. The SMILES string of the molecule is O=C(c1ccc(OC(F)F)cn1)N1Cc2cccnc2C1. The van der Waals surface area contributed by atoms with Gasteiger partial charge in [-0.05, 0) is 23.8 Å². The molecule has 0 fully saturated rings. The predicted octanol–water partition coefficient (Wildman–Crippen LogP) is 2.23. The van der Waals surface area contributed by atoms with Gasteiger partial charge in [0.2, 0.25) is 0 Å². The lowest BCUT2D eigenvalue weighted by molar-refractivity contribution is -0.0500. The molecule has 0 bridgehead atoms. The van der Waals surface area contributed by atoms with Crippen molar-refractivity contribution in [1.29, 1.82) is 0 Å². The predicted molar refractivity (Wildman–Crippen MR) is 68.7 cm³/mol. The minimum Gasteiger partial charge on any atom is -0.433 e. The topological polar surface area (TPSA) is 55.3 Å². The average Bonchev–Trinajstić information content (AvgIpc) is 2.90. The van der Waals surface area contributed by atoms with E-state index in [9.17, 15) is 13.6 Å². The first-order valence-corrected chi connectivity index (χ1v) is 6.26. The number of amides is 1. The van der Waals surface area contributed by atoms with E-state index in [0.29, 0.717) is 13.1 Å². The van der Waals surface area contributed by atoms with Crippen molar-refractivity contribution in [2.45, 2.75) is 19.7 Å². The van der Waals surface area contributed by atoms with E-state index < -0.39 is 6.61 Å². The van der Waals surface area contributed by atoms with Gasteiger partial charge in [-0.3, -0.25) is 9.78 Å². The Bertz CT molecular complexity index is 637. The summed E-state index contributed by atoms with van der Waals surface area (Å²) in [7, 11) is 0. The number of nitrogens with zero attached hydrogens (tertiary/aromatic N) is 3. The molecule has 0 unspecified atom stereocenters. The minimum atomic E-state index is -2.91. The highest BCUT2D eigenvalue weighted by Crippen LogP contribution is 2.22. The quantitative estimate of drug-likeness (QED) is 0.870. The number of rotatable bonds is 3. The van der Waals surface area contributed by atoms with Gasteiger partial charge in [0, 0.05) is 12.7 Å². The third-order valence-corrected chi connectivity index (χ3v) is 3.15. The van der Waals surface area contributed by atoms with Gasteiger partial charge in [-0.25, -0.2) is 4.98 Å². The fourth-order valence-corrected chi connectivity index (χ4v) is 2.18. The molecule has 0 aliphatic carbocycles. The molecular formula is C14H11F2N3O2. The number of fused-ring (bicyclic) bond motifs is 1. The van der Waals surface area contributed by atoms with Crippen LogP contribution in [0.5, 0.6) is 5.75 Å². The van der Waals surface area contributed by atoms with E-state index in [1.54, 1.807) is 11.1 Å². The highest BCUT2D eigenvalue weighted by Gasteiger charge is 2.25. The number of alkyl halides is 2. The number of hydrogen-bond donors (Lipinski definition) is 0. The number of halogens is 2. The Balaban J connectivity index is 1.72. The lowest BCUT2D eigenvalue weighted by atomic mass is 10.2. The zero-order valence-electron chi connectivity index (χ0n) is 10.9. The molecule has 1 amide bonds. The maximum atomic E-state index is 12.3. The van der Waals surface area contributed by atoms with Crippen molar-refractivity contribution < 1.29 is 18.3 Å². The molecule has 0 aromatic carbocycles. The minimum absolute atomic E-state index is 0.0760. The van der Waals surface area contributed by atoms with E-state index >= 15 is 0 Å². The fraction of sp³-hybridized carbons (Fsp3) is 0.214. The Kier molecular flexibility index (Phi) is 3.47. The van der Waals surface area contributed by atoms with E-state index in [2.05, 4.69) is 14.7 Å². The van der Waals surface area contributed by atoms with Crippen molar-refractivity contribution in [1.82, 2.24) is 14.9 Å². The molecule has 1 aliphatic heterocycles. The normalized spacial score (nSPS) is 13.4. The summed E-state index contributed by atoms with van der Waals surface area (Å²) >= 11 is 0. The summed E-state index contributed by atoms with van der Waals surface area (Å²) in [5.41, 5.74) is 2.05. The highest BCUT2D eigenvalue weighted by molar-refractivity contribution is 5.92. The van der Waals surface area contributed by atoms with Gasteiger partial charge in [-0.15, -0.1) is 0 Å². The number of aromatic nitrogens is 2. The number of ether oxygens (including phenoxy) is 1. The molecule has 108 valence electrons. The number of carbonyl (C=O) groups excluding carboxylic acids is 1. The zero-order chi connectivity index (χ0) is 14.8. The van der Waals surface area contributed by atoms with E-state index in [1.807, 2.05) is 12.1 Å². The Labute approximate surface area is 119 Å². The molecule has 0 spiro atoms. The number of pyridine rings is 2. The summed E-state index contributed by atoms with van der Waals surface area (Å²) < 4.78 is 28.3. The van der Waals surface area contributed by atoms with Gasteiger partial charge < -0.3 is 9.64 Å². The van der Waals surface area contributed by atoms with Crippen molar-refractivity contribution in [2.75, 3.05) is 0 Å². The molecular weight excluding hydrogens is 280 g/mol. The van der Waals surface area contributed by atoms with Crippen molar-refractivity contribution >= 4 is 5.91 Å². The second-order valence-corrected chi connectivity index (χ2v) is 4.53. The Morgan fingerprint density at radius 1 is 1.24 bits per heavy atom. The molecule has 2 aromatic heterocycles. The van der Waals surface area contributed by atoms with Gasteiger partial charge in [0.15, 0.2) is 0 Å². The summed E-state index contributed by atoms with van der Waals surface area (Å²) in [5.74, 6) is -0.343. The van der Waals surface area contributed by atoms with Gasteiger partial charge in [0.05, 0.1) is 18.4 Å². The summed E-state index contributed by atoms with van der Waals surface area (Å²) in [4.78, 5) is 22.0.